The van der Waals surface area contributed by atoms with Crippen molar-refractivity contribution in [2.45, 2.75) is 55.4 Å². The van der Waals surface area contributed by atoms with Gasteiger partial charge in [-0.15, -0.1) is 0 Å². The zero-order valence-corrected chi connectivity index (χ0v) is 16.2. The van der Waals surface area contributed by atoms with E-state index in [1.807, 2.05) is 85.7 Å². The van der Waals surface area contributed by atoms with E-state index in [4.69, 9.17) is 0 Å². The van der Waals surface area contributed by atoms with Gasteiger partial charge in [-0.25, -0.2) is 4.79 Å². The SMILES string of the molecule is CC.CC.CC.CC.COC(=O)c1cn[nH]c1-c1ccccc1. The van der Waals surface area contributed by atoms with Crippen LogP contribution in [-0.2, 0) is 4.74 Å². The van der Waals surface area contributed by atoms with Gasteiger partial charge in [-0.3, -0.25) is 5.10 Å². The average molecular weight is 322 g/mol. The lowest BCUT2D eigenvalue weighted by molar-refractivity contribution is 0.0601. The smallest absolute Gasteiger partial charge is 0.341 e. The molecule has 0 spiro atoms. The molecule has 0 atom stereocenters. The van der Waals surface area contributed by atoms with Gasteiger partial charge < -0.3 is 4.74 Å². The molecule has 0 saturated heterocycles. The predicted molar refractivity (Wildman–Crippen MR) is 101 cm³/mol. The van der Waals surface area contributed by atoms with Crippen molar-refractivity contribution in [1.29, 1.82) is 0 Å². The third kappa shape index (κ3) is 9.51. The van der Waals surface area contributed by atoms with Gasteiger partial charge in [0.15, 0.2) is 0 Å². The monoisotopic (exact) mass is 322 g/mol. The van der Waals surface area contributed by atoms with Crippen molar-refractivity contribution in [2.75, 3.05) is 7.11 Å². The fourth-order valence-electron chi connectivity index (χ4n) is 1.38. The molecule has 0 saturated carbocycles. The first-order chi connectivity index (χ1) is 11.3. The van der Waals surface area contributed by atoms with E-state index < -0.39 is 0 Å². The van der Waals surface area contributed by atoms with Crippen LogP contribution in [0.1, 0.15) is 65.7 Å². The van der Waals surface area contributed by atoms with Crippen LogP contribution in [0.4, 0.5) is 0 Å². The van der Waals surface area contributed by atoms with Gasteiger partial charge in [0.05, 0.1) is 19.0 Å². The molecule has 4 heteroatoms. The minimum Gasteiger partial charge on any atom is -0.465 e. The summed E-state index contributed by atoms with van der Waals surface area (Å²) in [7, 11) is 1.35. The number of H-pyrrole nitrogens is 1. The highest BCUT2D eigenvalue weighted by Crippen LogP contribution is 2.20. The molecule has 0 aliphatic carbocycles. The van der Waals surface area contributed by atoms with Crippen molar-refractivity contribution in [3.05, 3.63) is 42.1 Å². The second-order valence-corrected chi connectivity index (χ2v) is 3.02. The van der Waals surface area contributed by atoms with Crippen LogP contribution < -0.4 is 0 Å². The normalized spacial score (nSPS) is 7.52. The molecule has 0 aliphatic rings. The number of rotatable bonds is 2. The van der Waals surface area contributed by atoms with E-state index in [1.165, 1.54) is 13.3 Å². The Kier molecular flexibility index (Phi) is 22.3. The summed E-state index contributed by atoms with van der Waals surface area (Å²) in [6.45, 7) is 16.0. The van der Waals surface area contributed by atoms with Crippen LogP contribution in [-0.4, -0.2) is 23.3 Å². The van der Waals surface area contributed by atoms with Crippen molar-refractivity contribution in [1.82, 2.24) is 10.2 Å². The number of methoxy groups -OCH3 is 1. The first kappa shape index (κ1) is 25.8. The maximum atomic E-state index is 11.4. The lowest BCUT2D eigenvalue weighted by atomic mass is 10.1. The van der Waals surface area contributed by atoms with Gasteiger partial charge in [-0.05, 0) is 0 Å². The number of hydrogen-bond acceptors (Lipinski definition) is 3. The summed E-state index contributed by atoms with van der Waals surface area (Å²) < 4.78 is 4.66. The molecule has 0 bridgehead atoms. The molecule has 1 heterocycles. The van der Waals surface area contributed by atoms with E-state index in [2.05, 4.69) is 14.9 Å². The fraction of sp³-hybridized carbons (Fsp3) is 0.474. The Balaban J connectivity index is -0.000000438. The zero-order valence-electron chi connectivity index (χ0n) is 16.2. The molecule has 2 aromatic rings. The number of nitrogens with zero attached hydrogens (tertiary/aromatic N) is 1. The molecule has 132 valence electrons. The van der Waals surface area contributed by atoms with E-state index in [0.29, 0.717) is 11.3 Å². The van der Waals surface area contributed by atoms with Crippen LogP contribution in [0, 0.1) is 0 Å². The molecule has 0 unspecified atom stereocenters. The summed E-state index contributed by atoms with van der Waals surface area (Å²) in [6.07, 6.45) is 1.47. The molecule has 1 aromatic heterocycles. The summed E-state index contributed by atoms with van der Waals surface area (Å²) >= 11 is 0. The van der Waals surface area contributed by atoms with Crippen LogP contribution in [0.5, 0.6) is 0 Å². The number of aromatic nitrogens is 2. The van der Waals surface area contributed by atoms with E-state index in [1.54, 1.807) is 0 Å². The minimum atomic E-state index is -0.386. The molecule has 1 N–H and O–H groups in total. The summed E-state index contributed by atoms with van der Waals surface area (Å²) in [6, 6.07) is 9.52. The molecule has 0 amide bonds. The molecule has 1 aromatic carbocycles. The Morgan fingerprint density at radius 2 is 1.39 bits per heavy atom. The third-order valence-electron chi connectivity index (χ3n) is 2.11. The number of nitrogens with one attached hydrogen (secondary N) is 1. The van der Waals surface area contributed by atoms with Crippen molar-refractivity contribution in [2.24, 2.45) is 0 Å². The van der Waals surface area contributed by atoms with Crippen LogP contribution in [0.2, 0.25) is 0 Å². The highest BCUT2D eigenvalue weighted by atomic mass is 16.5. The third-order valence-corrected chi connectivity index (χ3v) is 2.11. The van der Waals surface area contributed by atoms with Crippen molar-refractivity contribution >= 4 is 5.97 Å². The molecular formula is C19H34N2O2. The second kappa shape index (κ2) is 19.9. The summed E-state index contributed by atoms with van der Waals surface area (Å²) in [5.41, 5.74) is 2.04. The van der Waals surface area contributed by atoms with Gasteiger partial charge in [0.1, 0.15) is 5.56 Å². The molecule has 0 aliphatic heterocycles. The Morgan fingerprint density at radius 3 is 1.83 bits per heavy atom. The first-order valence-electron chi connectivity index (χ1n) is 8.50. The van der Waals surface area contributed by atoms with Gasteiger partial charge in [-0.1, -0.05) is 85.7 Å². The molecule has 2 rings (SSSR count). The van der Waals surface area contributed by atoms with Crippen molar-refractivity contribution in [3.8, 4) is 11.3 Å². The molecule has 23 heavy (non-hydrogen) atoms. The fourth-order valence-corrected chi connectivity index (χ4v) is 1.38. The van der Waals surface area contributed by atoms with E-state index in [0.717, 1.165) is 5.56 Å². The maximum absolute atomic E-state index is 11.4. The lowest BCUT2D eigenvalue weighted by Gasteiger charge is -2.00. The maximum Gasteiger partial charge on any atom is 0.341 e. The highest BCUT2D eigenvalue weighted by molar-refractivity contribution is 5.95. The number of hydrogen-bond donors (Lipinski definition) is 1. The van der Waals surface area contributed by atoms with Crippen LogP contribution >= 0.6 is 0 Å². The number of carbonyl (C=O) groups excluding carboxylic acids is 1. The van der Waals surface area contributed by atoms with Gasteiger partial charge in [-0.2, -0.15) is 5.10 Å². The molecular weight excluding hydrogens is 288 g/mol. The van der Waals surface area contributed by atoms with Crippen LogP contribution in [0.15, 0.2) is 36.5 Å². The van der Waals surface area contributed by atoms with Gasteiger partial charge >= 0.3 is 5.97 Å². The van der Waals surface area contributed by atoms with Gasteiger partial charge in [0.2, 0.25) is 0 Å². The van der Waals surface area contributed by atoms with Crippen LogP contribution in [0.25, 0.3) is 11.3 Å². The predicted octanol–water partition coefficient (Wildman–Crippen LogP) is 5.97. The number of aromatic amines is 1. The van der Waals surface area contributed by atoms with Crippen molar-refractivity contribution in [3.63, 3.8) is 0 Å². The zero-order chi connectivity index (χ0) is 18.7. The van der Waals surface area contributed by atoms with Crippen molar-refractivity contribution < 1.29 is 9.53 Å². The van der Waals surface area contributed by atoms with Gasteiger partial charge in [0, 0.05) is 5.56 Å². The summed E-state index contributed by atoms with van der Waals surface area (Å²) in [4.78, 5) is 11.4. The highest BCUT2D eigenvalue weighted by Gasteiger charge is 2.14. The van der Waals surface area contributed by atoms with E-state index in [-0.39, 0.29) is 5.97 Å². The Bertz CT molecular complexity index is 465. The number of benzene rings is 1. The topological polar surface area (TPSA) is 55.0 Å². The Morgan fingerprint density at radius 1 is 0.913 bits per heavy atom. The van der Waals surface area contributed by atoms with Gasteiger partial charge in [0.25, 0.3) is 0 Å². The molecule has 0 fully saturated rings. The number of esters is 1. The average Bonchev–Trinajstić information content (AvgIpc) is 3.18. The van der Waals surface area contributed by atoms with Crippen LogP contribution in [0.3, 0.4) is 0 Å². The molecule has 4 nitrogen and oxygen atoms in total. The summed E-state index contributed by atoms with van der Waals surface area (Å²) in [5.74, 6) is -0.386. The minimum absolute atomic E-state index is 0.386. The number of ether oxygens (including phenoxy) is 1. The quantitative estimate of drug-likeness (QED) is 0.693. The second-order valence-electron chi connectivity index (χ2n) is 3.02. The number of carbonyl (C=O) groups is 1. The Labute approximate surface area is 142 Å². The largest absolute Gasteiger partial charge is 0.465 e. The lowest BCUT2D eigenvalue weighted by Crippen LogP contribution is -2.01. The Hall–Kier alpha value is -2.10. The standard InChI is InChI=1S/C11H10N2O2.4C2H6/c1-15-11(14)9-7-12-13-10(9)8-5-3-2-4-6-8;4*1-2/h2-7H,1H3,(H,12,13);4*1-2H3. The van der Waals surface area contributed by atoms with E-state index in [9.17, 15) is 4.79 Å². The summed E-state index contributed by atoms with van der Waals surface area (Å²) in [5, 5.41) is 6.63. The van der Waals surface area contributed by atoms with E-state index >= 15 is 0 Å². The first-order valence-corrected chi connectivity index (χ1v) is 8.50. The molecule has 0 radical (unpaired) electrons.